The lowest BCUT2D eigenvalue weighted by atomic mass is 9.98. The van der Waals surface area contributed by atoms with Gasteiger partial charge in [-0.1, -0.05) is 12.1 Å². The van der Waals surface area contributed by atoms with Crippen LogP contribution in [0.3, 0.4) is 0 Å². The number of hydrogen-bond acceptors (Lipinski definition) is 4. The normalized spacial score (nSPS) is 17.5. The van der Waals surface area contributed by atoms with Crippen LogP contribution in [0.1, 0.15) is 30.4 Å². The standard InChI is InChI=1S/C21H25N3O3/c1-24-11-8-16(9-12-24)27-19-13-15(7-10-22-19)18-6-5-14-3-2-4-17(14)20(18)23-21(25)26/h5-7,10,13,16,23H,2-4,8-9,11-12H2,1H3,(H,25,26). The highest BCUT2D eigenvalue weighted by atomic mass is 16.5. The Hall–Kier alpha value is -2.60. The van der Waals surface area contributed by atoms with E-state index in [9.17, 15) is 9.90 Å². The van der Waals surface area contributed by atoms with E-state index in [1.807, 2.05) is 18.2 Å². The second-order valence-electron chi connectivity index (χ2n) is 7.41. The minimum Gasteiger partial charge on any atom is -0.474 e. The van der Waals surface area contributed by atoms with Crippen LogP contribution in [0, 0.1) is 0 Å². The van der Waals surface area contributed by atoms with Gasteiger partial charge in [0, 0.05) is 30.9 Å². The molecule has 0 radical (unpaired) electrons. The summed E-state index contributed by atoms with van der Waals surface area (Å²) < 4.78 is 6.10. The zero-order chi connectivity index (χ0) is 18.8. The maximum atomic E-state index is 11.4. The van der Waals surface area contributed by atoms with E-state index in [0.29, 0.717) is 11.6 Å². The molecule has 1 fully saturated rings. The lowest BCUT2D eigenvalue weighted by Crippen LogP contribution is -2.35. The van der Waals surface area contributed by atoms with Crippen molar-refractivity contribution in [2.24, 2.45) is 0 Å². The number of benzene rings is 1. The predicted molar refractivity (Wildman–Crippen MR) is 104 cm³/mol. The number of ether oxygens (including phenoxy) is 1. The lowest BCUT2D eigenvalue weighted by Gasteiger charge is -2.29. The van der Waals surface area contributed by atoms with Crippen molar-refractivity contribution in [2.45, 2.75) is 38.2 Å². The molecule has 2 heterocycles. The zero-order valence-electron chi connectivity index (χ0n) is 15.6. The number of aromatic nitrogens is 1. The molecule has 142 valence electrons. The number of hydrogen-bond donors (Lipinski definition) is 2. The number of anilines is 1. The van der Waals surface area contributed by atoms with Gasteiger partial charge in [0.25, 0.3) is 0 Å². The van der Waals surface area contributed by atoms with Gasteiger partial charge < -0.3 is 14.7 Å². The molecule has 6 heteroatoms. The summed E-state index contributed by atoms with van der Waals surface area (Å²) in [5.74, 6) is 0.601. The SMILES string of the molecule is CN1CCC(Oc2cc(-c3ccc4c(c3NC(=O)O)CCC4)ccn2)CC1. The van der Waals surface area contributed by atoms with Crippen LogP contribution in [-0.2, 0) is 12.8 Å². The Morgan fingerprint density at radius 2 is 2.07 bits per heavy atom. The molecule has 1 aliphatic heterocycles. The molecule has 2 aromatic rings. The first kappa shape index (κ1) is 17.8. The summed E-state index contributed by atoms with van der Waals surface area (Å²) in [4.78, 5) is 18.0. The number of nitrogens with one attached hydrogen (secondary N) is 1. The number of likely N-dealkylation sites (tertiary alicyclic amines) is 1. The van der Waals surface area contributed by atoms with E-state index in [1.54, 1.807) is 6.20 Å². The average molecular weight is 367 g/mol. The number of amides is 1. The zero-order valence-corrected chi connectivity index (χ0v) is 15.6. The first-order chi connectivity index (χ1) is 13.1. The van der Waals surface area contributed by atoms with Gasteiger partial charge in [-0.3, -0.25) is 5.32 Å². The molecule has 27 heavy (non-hydrogen) atoms. The number of pyridine rings is 1. The van der Waals surface area contributed by atoms with Crippen LogP contribution < -0.4 is 10.1 Å². The first-order valence-corrected chi connectivity index (χ1v) is 9.56. The minimum absolute atomic E-state index is 0.181. The third-order valence-corrected chi connectivity index (χ3v) is 5.51. The molecule has 6 nitrogen and oxygen atoms in total. The number of rotatable bonds is 4. The molecule has 0 saturated carbocycles. The van der Waals surface area contributed by atoms with Crippen molar-refractivity contribution in [3.63, 3.8) is 0 Å². The molecule has 0 atom stereocenters. The summed E-state index contributed by atoms with van der Waals surface area (Å²) in [6.45, 7) is 2.06. The van der Waals surface area contributed by atoms with Crippen LogP contribution in [0.15, 0.2) is 30.5 Å². The number of piperidine rings is 1. The van der Waals surface area contributed by atoms with Gasteiger partial charge in [-0.25, -0.2) is 9.78 Å². The van der Waals surface area contributed by atoms with Gasteiger partial charge in [0.1, 0.15) is 6.10 Å². The minimum atomic E-state index is -1.03. The Balaban J connectivity index is 1.63. The van der Waals surface area contributed by atoms with Crippen LogP contribution >= 0.6 is 0 Å². The van der Waals surface area contributed by atoms with Crippen molar-refractivity contribution < 1.29 is 14.6 Å². The summed E-state index contributed by atoms with van der Waals surface area (Å²) in [6, 6.07) is 7.94. The summed E-state index contributed by atoms with van der Waals surface area (Å²) in [5.41, 5.74) is 4.86. The number of carboxylic acid groups (broad SMARTS) is 1. The van der Waals surface area contributed by atoms with E-state index in [4.69, 9.17) is 4.74 Å². The largest absolute Gasteiger partial charge is 0.474 e. The molecule has 2 N–H and O–H groups in total. The molecule has 1 aliphatic carbocycles. The Labute approximate surface area is 159 Å². The van der Waals surface area contributed by atoms with Crippen LogP contribution in [0.4, 0.5) is 10.5 Å². The molecule has 0 spiro atoms. The molecule has 1 aromatic carbocycles. The van der Waals surface area contributed by atoms with Crippen molar-refractivity contribution in [3.8, 4) is 17.0 Å². The van der Waals surface area contributed by atoms with E-state index in [1.165, 1.54) is 5.56 Å². The van der Waals surface area contributed by atoms with Crippen LogP contribution in [-0.4, -0.2) is 47.3 Å². The maximum absolute atomic E-state index is 11.4. The average Bonchev–Trinajstić information content (AvgIpc) is 3.13. The molecule has 0 unspecified atom stereocenters. The van der Waals surface area contributed by atoms with Gasteiger partial charge in [0.05, 0.1) is 5.69 Å². The predicted octanol–water partition coefficient (Wildman–Crippen LogP) is 3.80. The summed E-state index contributed by atoms with van der Waals surface area (Å²) >= 11 is 0. The van der Waals surface area contributed by atoms with E-state index < -0.39 is 6.09 Å². The van der Waals surface area contributed by atoms with Crippen molar-refractivity contribution in [1.29, 1.82) is 0 Å². The van der Waals surface area contributed by atoms with Crippen molar-refractivity contribution in [3.05, 3.63) is 41.6 Å². The van der Waals surface area contributed by atoms with E-state index in [2.05, 4.69) is 28.3 Å². The Bertz CT molecular complexity index is 845. The Morgan fingerprint density at radius 3 is 2.85 bits per heavy atom. The summed E-state index contributed by atoms with van der Waals surface area (Å²) in [5, 5.41) is 11.9. The molecule has 4 rings (SSSR count). The molecular weight excluding hydrogens is 342 g/mol. The van der Waals surface area contributed by atoms with Gasteiger partial charge in [-0.05, 0) is 61.9 Å². The van der Waals surface area contributed by atoms with Gasteiger partial charge in [-0.2, -0.15) is 0 Å². The number of carbonyl (C=O) groups is 1. The Kier molecular flexibility index (Phi) is 4.99. The third kappa shape index (κ3) is 3.90. The maximum Gasteiger partial charge on any atom is 0.409 e. The molecule has 1 amide bonds. The van der Waals surface area contributed by atoms with E-state index in [0.717, 1.165) is 61.9 Å². The molecule has 2 aliphatic rings. The fourth-order valence-electron chi connectivity index (χ4n) is 4.07. The van der Waals surface area contributed by atoms with Crippen LogP contribution in [0.5, 0.6) is 5.88 Å². The highest BCUT2D eigenvalue weighted by Crippen LogP contribution is 2.38. The van der Waals surface area contributed by atoms with Crippen molar-refractivity contribution in [1.82, 2.24) is 9.88 Å². The smallest absolute Gasteiger partial charge is 0.409 e. The van der Waals surface area contributed by atoms with E-state index in [-0.39, 0.29) is 6.10 Å². The number of aryl methyl sites for hydroxylation is 1. The monoisotopic (exact) mass is 367 g/mol. The number of nitrogens with zero attached hydrogens (tertiary/aromatic N) is 2. The Morgan fingerprint density at radius 1 is 1.26 bits per heavy atom. The van der Waals surface area contributed by atoms with Crippen LogP contribution in [0.25, 0.3) is 11.1 Å². The van der Waals surface area contributed by atoms with Crippen LogP contribution in [0.2, 0.25) is 0 Å². The first-order valence-electron chi connectivity index (χ1n) is 9.56. The molecule has 1 saturated heterocycles. The topological polar surface area (TPSA) is 74.7 Å². The third-order valence-electron chi connectivity index (χ3n) is 5.51. The van der Waals surface area contributed by atoms with Gasteiger partial charge >= 0.3 is 6.09 Å². The quantitative estimate of drug-likeness (QED) is 0.860. The molecular formula is C21H25N3O3. The molecule has 0 bridgehead atoms. The summed E-state index contributed by atoms with van der Waals surface area (Å²) in [7, 11) is 2.12. The van der Waals surface area contributed by atoms with Gasteiger partial charge in [0.15, 0.2) is 0 Å². The lowest BCUT2D eigenvalue weighted by molar-refractivity contribution is 0.110. The number of fused-ring (bicyclic) bond motifs is 1. The second-order valence-corrected chi connectivity index (χ2v) is 7.41. The summed E-state index contributed by atoms with van der Waals surface area (Å²) in [6.07, 6.45) is 5.84. The van der Waals surface area contributed by atoms with Gasteiger partial charge in [0.2, 0.25) is 5.88 Å². The highest BCUT2D eigenvalue weighted by molar-refractivity contribution is 5.93. The highest BCUT2D eigenvalue weighted by Gasteiger charge is 2.21. The van der Waals surface area contributed by atoms with E-state index >= 15 is 0 Å². The molecule has 1 aromatic heterocycles. The van der Waals surface area contributed by atoms with Crippen molar-refractivity contribution >= 4 is 11.8 Å². The second kappa shape index (κ2) is 7.56. The van der Waals surface area contributed by atoms with Crippen molar-refractivity contribution in [2.75, 3.05) is 25.5 Å². The fourth-order valence-corrected chi connectivity index (χ4v) is 4.07. The van der Waals surface area contributed by atoms with Gasteiger partial charge in [-0.15, -0.1) is 0 Å². The fraction of sp³-hybridized carbons (Fsp3) is 0.429.